The molecule has 80 valence electrons. The van der Waals surface area contributed by atoms with Gasteiger partial charge < -0.3 is 4.74 Å². The smallest absolute Gasteiger partial charge is 0.330 e. The number of hydrogen-bond donors (Lipinski definition) is 0. The first-order chi connectivity index (χ1) is 6.48. The lowest BCUT2D eigenvalue weighted by atomic mass is 9.80. The number of hydrogen-bond acceptors (Lipinski definition) is 2. The van der Waals surface area contributed by atoms with Crippen molar-refractivity contribution in [2.75, 3.05) is 6.61 Å². The molecule has 0 aromatic heterocycles. The van der Waals surface area contributed by atoms with Crippen LogP contribution in [0.4, 0.5) is 0 Å². The van der Waals surface area contributed by atoms with Gasteiger partial charge >= 0.3 is 5.97 Å². The molecule has 0 heterocycles. The van der Waals surface area contributed by atoms with Crippen LogP contribution in [0.5, 0.6) is 0 Å². The fraction of sp³-hybridized carbons (Fsp3) is 0.750. The number of ether oxygens (including phenoxy) is 1. The number of carbonyl (C=O) groups excluding carboxylic acids is 1. The fourth-order valence-corrected chi connectivity index (χ4v) is 1.96. The van der Waals surface area contributed by atoms with Crippen LogP contribution in [-0.2, 0) is 9.53 Å². The van der Waals surface area contributed by atoms with Gasteiger partial charge in [0.05, 0.1) is 6.61 Å². The van der Waals surface area contributed by atoms with Crippen molar-refractivity contribution in [2.24, 2.45) is 11.3 Å². The third-order valence-corrected chi connectivity index (χ3v) is 3.48. The second-order valence-corrected chi connectivity index (χ2v) is 4.58. The molecule has 2 nitrogen and oxygen atoms in total. The van der Waals surface area contributed by atoms with E-state index in [1.807, 2.05) is 6.92 Å². The predicted octanol–water partition coefficient (Wildman–Crippen LogP) is 2.93. The molecule has 1 rings (SSSR count). The molecule has 2 heteroatoms. The maximum Gasteiger partial charge on any atom is 0.330 e. The summed E-state index contributed by atoms with van der Waals surface area (Å²) in [6.07, 6.45) is 3.90. The summed E-state index contributed by atoms with van der Waals surface area (Å²) in [5, 5.41) is 0. The molecule has 14 heavy (non-hydrogen) atoms. The topological polar surface area (TPSA) is 26.3 Å². The van der Waals surface area contributed by atoms with Crippen LogP contribution in [0.2, 0.25) is 0 Å². The monoisotopic (exact) mass is 196 g/mol. The molecule has 1 unspecified atom stereocenters. The summed E-state index contributed by atoms with van der Waals surface area (Å²) >= 11 is 0. The summed E-state index contributed by atoms with van der Waals surface area (Å²) in [4.78, 5) is 11.3. The molecule has 0 N–H and O–H groups in total. The Morgan fingerprint density at radius 1 is 1.64 bits per heavy atom. The van der Waals surface area contributed by atoms with Gasteiger partial charge in [0.25, 0.3) is 0 Å². The van der Waals surface area contributed by atoms with Crippen LogP contribution in [0.15, 0.2) is 11.6 Å². The molecule has 0 aliphatic heterocycles. The highest BCUT2D eigenvalue weighted by atomic mass is 16.5. The Balaban J connectivity index is 2.74. The molecule has 1 fully saturated rings. The number of rotatable bonds is 2. The summed E-state index contributed by atoms with van der Waals surface area (Å²) in [5.74, 6) is 0.466. The first-order valence-electron chi connectivity index (χ1n) is 5.36. The van der Waals surface area contributed by atoms with Crippen molar-refractivity contribution in [1.29, 1.82) is 0 Å². The Morgan fingerprint density at radius 3 is 2.71 bits per heavy atom. The maximum atomic E-state index is 11.3. The van der Waals surface area contributed by atoms with Gasteiger partial charge in [-0.05, 0) is 31.1 Å². The number of allylic oxidation sites excluding steroid dienone is 1. The van der Waals surface area contributed by atoms with Crippen LogP contribution in [0.3, 0.4) is 0 Å². The lowest BCUT2D eigenvalue weighted by Gasteiger charge is -2.25. The van der Waals surface area contributed by atoms with E-state index < -0.39 is 0 Å². The van der Waals surface area contributed by atoms with Crippen molar-refractivity contribution in [3.05, 3.63) is 11.6 Å². The van der Waals surface area contributed by atoms with Crippen molar-refractivity contribution in [1.82, 2.24) is 0 Å². The molecule has 0 bridgehead atoms. The zero-order chi connectivity index (χ0) is 10.8. The van der Waals surface area contributed by atoms with Crippen molar-refractivity contribution in [3.63, 3.8) is 0 Å². The number of carbonyl (C=O) groups is 1. The van der Waals surface area contributed by atoms with Crippen LogP contribution < -0.4 is 0 Å². The van der Waals surface area contributed by atoms with E-state index in [2.05, 4.69) is 20.8 Å². The average molecular weight is 196 g/mol. The van der Waals surface area contributed by atoms with Crippen molar-refractivity contribution >= 4 is 5.97 Å². The van der Waals surface area contributed by atoms with E-state index in [-0.39, 0.29) is 11.4 Å². The molecule has 0 radical (unpaired) electrons. The minimum Gasteiger partial charge on any atom is -0.463 e. The van der Waals surface area contributed by atoms with E-state index in [0.717, 1.165) is 6.42 Å². The maximum absolute atomic E-state index is 11.3. The number of esters is 1. The van der Waals surface area contributed by atoms with Crippen molar-refractivity contribution in [3.8, 4) is 0 Å². The quantitative estimate of drug-likeness (QED) is 0.501. The van der Waals surface area contributed by atoms with Crippen LogP contribution in [0.25, 0.3) is 0 Å². The molecule has 0 aromatic carbocycles. The fourth-order valence-electron chi connectivity index (χ4n) is 1.96. The molecular formula is C12H20O2. The molecular weight excluding hydrogens is 176 g/mol. The van der Waals surface area contributed by atoms with E-state index in [1.54, 1.807) is 6.08 Å². The molecule has 0 aromatic rings. The summed E-state index contributed by atoms with van der Waals surface area (Å²) in [5.41, 5.74) is 1.40. The largest absolute Gasteiger partial charge is 0.463 e. The summed E-state index contributed by atoms with van der Waals surface area (Å²) in [6, 6.07) is 0. The molecule has 0 amide bonds. The second-order valence-electron chi connectivity index (χ2n) is 4.58. The first-order valence-corrected chi connectivity index (χ1v) is 5.36. The standard InChI is InChI=1S/C12H20O2/c1-5-14-11(13)8-10-7-6-9(2)12(10,3)4/h8-9H,5-7H2,1-4H3/b10-8-. The third-order valence-electron chi connectivity index (χ3n) is 3.48. The SMILES string of the molecule is CCOC(=O)/C=C1/CCC(C)C1(C)C. The van der Waals surface area contributed by atoms with Crippen LogP contribution in [0, 0.1) is 11.3 Å². The van der Waals surface area contributed by atoms with E-state index >= 15 is 0 Å². The van der Waals surface area contributed by atoms with Crippen LogP contribution >= 0.6 is 0 Å². The minimum absolute atomic E-state index is 0.159. The van der Waals surface area contributed by atoms with Crippen LogP contribution in [-0.4, -0.2) is 12.6 Å². The van der Waals surface area contributed by atoms with Crippen LogP contribution in [0.1, 0.15) is 40.5 Å². The molecule has 1 aliphatic carbocycles. The first kappa shape index (κ1) is 11.3. The van der Waals surface area contributed by atoms with E-state index in [0.29, 0.717) is 12.5 Å². The average Bonchev–Trinajstić information content (AvgIpc) is 2.32. The highest BCUT2D eigenvalue weighted by Crippen LogP contribution is 2.46. The zero-order valence-electron chi connectivity index (χ0n) is 9.59. The highest BCUT2D eigenvalue weighted by Gasteiger charge is 2.35. The van der Waals surface area contributed by atoms with Gasteiger partial charge in [0.1, 0.15) is 0 Å². The predicted molar refractivity (Wildman–Crippen MR) is 56.9 cm³/mol. The molecule has 1 atom stereocenters. The van der Waals surface area contributed by atoms with Crippen molar-refractivity contribution < 1.29 is 9.53 Å². The Bertz CT molecular complexity index is 251. The summed E-state index contributed by atoms with van der Waals surface area (Å²) in [7, 11) is 0. The summed E-state index contributed by atoms with van der Waals surface area (Å²) in [6.45, 7) is 8.94. The van der Waals surface area contributed by atoms with Crippen molar-refractivity contribution in [2.45, 2.75) is 40.5 Å². The van der Waals surface area contributed by atoms with E-state index in [9.17, 15) is 4.79 Å². The molecule has 1 aliphatic rings. The van der Waals surface area contributed by atoms with Gasteiger partial charge in [-0.25, -0.2) is 4.79 Å². The Kier molecular flexibility index (Phi) is 3.35. The highest BCUT2D eigenvalue weighted by molar-refractivity contribution is 5.83. The van der Waals surface area contributed by atoms with Gasteiger partial charge in [-0.3, -0.25) is 0 Å². The van der Waals surface area contributed by atoms with Gasteiger partial charge in [0, 0.05) is 6.08 Å². The van der Waals surface area contributed by atoms with E-state index in [1.165, 1.54) is 12.0 Å². The Hall–Kier alpha value is -0.790. The van der Waals surface area contributed by atoms with Gasteiger partial charge in [0.15, 0.2) is 0 Å². The molecule has 0 spiro atoms. The van der Waals surface area contributed by atoms with Gasteiger partial charge in [-0.2, -0.15) is 0 Å². The van der Waals surface area contributed by atoms with Gasteiger partial charge in [-0.1, -0.05) is 26.3 Å². The third kappa shape index (κ3) is 2.17. The molecule has 1 saturated carbocycles. The zero-order valence-corrected chi connectivity index (χ0v) is 9.59. The molecule has 0 saturated heterocycles. The van der Waals surface area contributed by atoms with Gasteiger partial charge in [0.2, 0.25) is 0 Å². The lowest BCUT2D eigenvalue weighted by molar-refractivity contribution is -0.137. The van der Waals surface area contributed by atoms with E-state index in [4.69, 9.17) is 4.74 Å². The minimum atomic E-state index is -0.190. The lowest BCUT2D eigenvalue weighted by Crippen LogP contribution is -2.17. The second kappa shape index (κ2) is 4.16. The normalized spacial score (nSPS) is 28.0. The van der Waals surface area contributed by atoms with Gasteiger partial charge in [-0.15, -0.1) is 0 Å². The summed E-state index contributed by atoms with van der Waals surface area (Å²) < 4.78 is 4.92. The Morgan fingerprint density at radius 2 is 2.29 bits per heavy atom. The Labute approximate surface area is 86.3 Å².